The van der Waals surface area contributed by atoms with E-state index in [0.29, 0.717) is 5.56 Å². The van der Waals surface area contributed by atoms with Gasteiger partial charge in [-0.15, -0.1) is 0 Å². The molecule has 0 aliphatic rings. The molecular formula is C14H10F2N2O2. The number of carbonyl (C=O) groups excluding carboxylic acids is 1. The highest BCUT2D eigenvalue weighted by Crippen LogP contribution is 2.09. The van der Waals surface area contributed by atoms with E-state index >= 15 is 0 Å². The number of phenolic OH excluding ortho intramolecular Hbond substituents is 1. The Balaban J connectivity index is 2.02. The summed E-state index contributed by atoms with van der Waals surface area (Å²) in [4.78, 5) is 11.6. The Morgan fingerprint density at radius 1 is 1.15 bits per heavy atom. The van der Waals surface area contributed by atoms with E-state index in [0.717, 1.165) is 18.3 Å². The highest BCUT2D eigenvalue weighted by Gasteiger charge is 2.04. The summed E-state index contributed by atoms with van der Waals surface area (Å²) in [6, 6.07) is 8.57. The molecule has 2 aromatic carbocycles. The van der Waals surface area contributed by atoms with Crippen molar-refractivity contribution in [2.24, 2.45) is 5.10 Å². The maximum absolute atomic E-state index is 13.3. The lowest BCUT2D eigenvalue weighted by molar-refractivity contribution is 0.0955. The summed E-state index contributed by atoms with van der Waals surface area (Å²) in [5, 5.41) is 12.7. The summed E-state index contributed by atoms with van der Waals surface area (Å²) in [6.07, 6.45) is 1.08. The maximum Gasteiger partial charge on any atom is 0.271 e. The van der Waals surface area contributed by atoms with Crippen LogP contribution in [0.25, 0.3) is 0 Å². The average molecular weight is 276 g/mol. The van der Waals surface area contributed by atoms with Crippen LogP contribution in [-0.4, -0.2) is 17.2 Å². The van der Waals surface area contributed by atoms with Crippen molar-refractivity contribution in [3.8, 4) is 5.75 Å². The van der Waals surface area contributed by atoms with Gasteiger partial charge < -0.3 is 5.11 Å². The second-order valence-corrected chi connectivity index (χ2v) is 3.91. The van der Waals surface area contributed by atoms with Gasteiger partial charge in [-0.1, -0.05) is 0 Å². The summed E-state index contributed by atoms with van der Waals surface area (Å²) < 4.78 is 25.9. The van der Waals surface area contributed by atoms with Gasteiger partial charge in [0.15, 0.2) is 0 Å². The topological polar surface area (TPSA) is 61.7 Å². The zero-order valence-electron chi connectivity index (χ0n) is 10.2. The third-order valence-corrected chi connectivity index (χ3v) is 2.46. The van der Waals surface area contributed by atoms with Crippen LogP contribution >= 0.6 is 0 Å². The smallest absolute Gasteiger partial charge is 0.271 e. The van der Waals surface area contributed by atoms with Crippen molar-refractivity contribution in [2.45, 2.75) is 0 Å². The number of benzene rings is 2. The lowest BCUT2D eigenvalue weighted by atomic mass is 10.2. The van der Waals surface area contributed by atoms with Crippen molar-refractivity contribution in [2.75, 3.05) is 0 Å². The maximum atomic E-state index is 13.3. The van der Waals surface area contributed by atoms with Crippen LogP contribution in [0.3, 0.4) is 0 Å². The minimum absolute atomic E-state index is 0.0402. The molecule has 0 spiro atoms. The quantitative estimate of drug-likeness (QED) is 0.668. The number of hydrazone groups is 1. The normalized spacial score (nSPS) is 10.7. The standard InChI is InChI=1S/C14H10F2N2O2/c15-11-4-1-10(13(16)7-11)8-17-18-14(20)9-2-5-12(19)6-3-9/h1-8,19H,(H,18,20)/b17-8+. The molecule has 0 fully saturated rings. The van der Waals surface area contributed by atoms with Gasteiger partial charge in [0.2, 0.25) is 0 Å². The molecule has 0 saturated heterocycles. The molecule has 0 heterocycles. The van der Waals surface area contributed by atoms with E-state index in [1.54, 1.807) is 0 Å². The zero-order chi connectivity index (χ0) is 14.5. The molecule has 4 nitrogen and oxygen atoms in total. The van der Waals surface area contributed by atoms with Gasteiger partial charge in [-0.05, 0) is 36.4 Å². The summed E-state index contributed by atoms with van der Waals surface area (Å²) in [5.41, 5.74) is 2.54. The summed E-state index contributed by atoms with van der Waals surface area (Å²) in [5.74, 6) is -1.93. The van der Waals surface area contributed by atoms with Crippen molar-refractivity contribution >= 4 is 12.1 Å². The zero-order valence-corrected chi connectivity index (χ0v) is 10.2. The fourth-order valence-corrected chi connectivity index (χ4v) is 1.44. The lowest BCUT2D eigenvalue weighted by Crippen LogP contribution is -2.17. The highest BCUT2D eigenvalue weighted by atomic mass is 19.1. The van der Waals surface area contributed by atoms with Crippen LogP contribution < -0.4 is 5.43 Å². The fourth-order valence-electron chi connectivity index (χ4n) is 1.44. The number of halogens is 2. The van der Waals surface area contributed by atoms with Crippen molar-refractivity contribution in [3.05, 3.63) is 65.2 Å². The van der Waals surface area contributed by atoms with Crippen molar-refractivity contribution in [1.82, 2.24) is 5.43 Å². The second kappa shape index (κ2) is 5.92. The summed E-state index contributed by atoms with van der Waals surface area (Å²) in [7, 11) is 0. The van der Waals surface area contributed by atoms with Crippen LogP contribution in [0.4, 0.5) is 8.78 Å². The third-order valence-electron chi connectivity index (χ3n) is 2.46. The molecule has 0 radical (unpaired) electrons. The van der Waals surface area contributed by atoms with Gasteiger partial charge in [0.05, 0.1) is 6.21 Å². The first-order valence-electron chi connectivity index (χ1n) is 5.64. The van der Waals surface area contributed by atoms with Crippen LogP contribution in [0.15, 0.2) is 47.6 Å². The first kappa shape index (κ1) is 13.7. The van der Waals surface area contributed by atoms with Crippen LogP contribution in [0.5, 0.6) is 5.75 Å². The van der Waals surface area contributed by atoms with Crippen molar-refractivity contribution in [3.63, 3.8) is 0 Å². The van der Waals surface area contributed by atoms with Crippen LogP contribution in [0, 0.1) is 11.6 Å². The van der Waals surface area contributed by atoms with Crippen LogP contribution in [0.1, 0.15) is 15.9 Å². The number of aromatic hydroxyl groups is 1. The number of rotatable bonds is 3. The van der Waals surface area contributed by atoms with Crippen molar-refractivity contribution < 1.29 is 18.7 Å². The minimum atomic E-state index is -0.771. The molecular weight excluding hydrogens is 266 g/mol. The number of amides is 1. The molecule has 0 bridgehead atoms. The average Bonchev–Trinajstić information content (AvgIpc) is 2.42. The van der Waals surface area contributed by atoms with E-state index in [-0.39, 0.29) is 11.3 Å². The number of carbonyl (C=O) groups is 1. The van der Waals surface area contributed by atoms with Gasteiger partial charge in [-0.3, -0.25) is 4.79 Å². The van der Waals surface area contributed by atoms with E-state index < -0.39 is 17.5 Å². The highest BCUT2D eigenvalue weighted by molar-refractivity contribution is 5.94. The van der Waals surface area contributed by atoms with Gasteiger partial charge in [0, 0.05) is 17.2 Å². The molecule has 1 amide bonds. The summed E-state index contributed by atoms with van der Waals surface area (Å²) >= 11 is 0. The molecule has 0 aliphatic heterocycles. The Morgan fingerprint density at radius 2 is 1.85 bits per heavy atom. The number of nitrogens with one attached hydrogen (secondary N) is 1. The molecule has 2 aromatic rings. The summed E-state index contributed by atoms with van der Waals surface area (Å²) in [6.45, 7) is 0. The number of hydrogen-bond acceptors (Lipinski definition) is 3. The minimum Gasteiger partial charge on any atom is -0.508 e. The predicted octanol–water partition coefficient (Wildman–Crippen LogP) is 2.43. The molecule has 102 valence electrons. The number of nitrogens with zero attached hydrogens (tertiary/aromatic N) is 1. The fraction of sp³-hybridized carbons (Fsp3) is 0. The molecule has 0 aliphatic carbocycles. The molecule has 2 N–H and O–H groups in total. The second-order valence-electron chi connectivity index (χ2n) is 3.91. The number of hydrogen-bond donors (Lipinski definition) is 2. The Morgan fingerprint density at radius 3 is 2.50 bits per heavy atom. The molecule has 0 atom stereocenters. The number of phenols is 1. The van der Waals surface area contributed by atoms with Crippen LogP contribution in [0.2, 0.25) is 0 Å². The Labute approximate surface area is 113 Å². The van der Waals surface area contributed by atoms with Gasteiger partial charge in [0.25, 0.3) is 5.91 Å². The molecule has 0 aromatic heterocycles. The molecule has 0 unspecified atom stereocenters. The SMILES string of the molecule is O=C(N/N=C/c1ccc(F)cc1F)c1ccc(O)cc1. The van der Waals surface area contributed by atoms with Gasteiger partial charge in [-0.25, -0.2) is 14.2 Å². The lowest BCUT2D eigenvalue weighted by Gasteiger charge is -2.00. The van der Waals surface area contributed by atoms with E-state index in [1.807, 2.05) is 0 Å². The molecule has 2 rings (SSSR count). The van der Waals surface area contributed by atoms with E-state index in [1.165, 1.54) is 30.3 Å². The van der Waals surface area contributed by atoms with E-state index in [9.17, 15) is 13.6 Å². The third kappa shape index (κ3) is 3.38. The Bertz CT molecular complexity index is 655. The van der Waals surface area contributed by atoms with Crippen LogP contribution in [-0.2, 0) is 0 Å². The van der Waals surface area contributed by atoms with Crippen molar-refractivity contribution in [1.29, 1.82) is 0 Å². The van der Waals surface area contributed by atoms with E-state index in [4.69, 9.17) is 5.11 Å². The Kier molecular flexibility index (Phi) is 4.05. The molecule has 0 saturated carbocycles. The first-order chi connectivity index (χ1) is 9.56. The first-order valence-corrected chi connectivity index (χ1v) is 5.64. The van der Waals surface area contributed by atoms with Gasteiger partial charge in [-0.2, -0.15) is 5.10 Å². The molecule has 6 heteroatoms. The monoisotopic (exact) mass is 276 g/mol. The van der Waals surface area contributed by atoms with E-state index in [2.05, 4.69) is 10.5 Å². The van der Waals surface area contributed by atoms with Gasteiger partial charge >= 0.3 is 0 Å². The molecule has 20 heavy (non-hydrogen) atoms. The Hall–Kier alpha value is -2.76. The largest absolute Gasteiger partial charge is 0.508 e. The predicted molar refractivity (Wildman–Crippen MR) is 69.5 cm³/mol. The van der Waals surface area contributed by atoms with Gasteiger partial charge in [0.1, 0.15) is 17.4 Å².